The highest BCUT2D eigenvalue weighted by atomic mass is 16.4. The largest absolute Gasteiger partial charge is 0.480 e. The van der Waals surface area contributed by atoms with Gasteiger partial charge in [0.1, 0.15) is 5.54 Å². The van der Waals surface area contributed by atoms with Gasteiger partial charge in [-0.2, -0.15) is 0 Å². The predicted octanol–water partition coefficient (Wildman–Crippen LogP) is -0.605. The van der Waals surface area contributed by atoms with E-state index in [0.717, 1.165) is 12.8 Å². The lowest BCUT2D eigenvalue weighted by molar-refractivity contribution is -0.145. The highest BCUT2D eigenvalue weighted by Crippen LogP contribution is 2.53. The molecule has 0 saturated heterocycles. The molecule has 2 fully saturated rings. The van der Waals surface area contributed by atoms with Crippen LogP contribution in [-0.4, -0.2) is 39.8 Å². The Kier molecular flexibility index (Phi) is 4.20. The smallest absolute Gasteiger partial charge is 0.451 e. The van der Waals surface area contributed by atoms with E-state index in [1.165, 1.54) is 0 Å². The number of aliphatic carboxylic acids is 1. The van der Waals surface area contributed by atoms with Crippen molar-refractivity contribution in [2.24, 2.45) is 29.2 Å². The Balaban J connectivity index is 2.07. The van der Waals surface area contributed by atoms with Gasteiger partial charge in [0.05, 0.1) is 0 Å². The van der Waals surface area contributed by atoms with Crippen LogP contribution in [0, 0.1) is 17.8 Å². The zero-order valence-electron chi connectivity index (χ0n) is 11.0. The molecule has 2 saturated carbocycles. The van der Waals surface area contributed by atoms with Crippen molar-refractivity contribution >= 4 is 13.1 Å². The Labute approximate surface area is 113 Å². The Morgan fingerprint density at radius 1 is 1.37 bits per heavy atom. The Morgan fingerprint density at radius 3 is 2.63 bits per heavy atom. The van der Waals surface area contributed by atoms with Crippen molar-refractivity contribution < 1.29 is 19.9 Å². The zero-order chi connectivity index (χ0) is 14.2. The van der Waals surface area contributed by atoms with Gasteiger partial charge >= 0.3 is 13.1 Å². The maximum Gasteiger partial charge on any atom is 0.451 e. The fourth-order valence-electron chi connectivity index (χ4n) is 4.13. The molecule has 0 radical (unpaired) electrons. The van der Waals surface area contributed by atoms with Gasteiger partial charge < -0.3 is 26.6 Å². The Morgan fingerprint density at radius 2 is 2.05 bits per heavy atom. The van der Waals surface area contributed by atoms with Crippen molar-refractivity contribution in [3.05, 3.63) is 0 Å². The minimum atomic E-state index is -1.33. The van der Waals surface area contributed by atoms with E-state index in [4.69, 9.17) is 21.5 Å². The first-order chi connectivity index (χ1) is 8.84. The minimum absolute atomic E-state index is 0.109. The summed E-state index contributed by atoms with van der Waals surface area (Å²) in [5, 5.41) is 27.2. The van der Waals surface area contributed by atoms with Gasteiger partial charge in [-0.25, -0.2) is 0 Å². The highest BCUT2D eigenvalue weighted by Gasteiger charge is 2.57. The van der Waals surface area contributed by atoms with Crippen LogP contribution in [0.1, 0.15) is 32.1 Å². The summed E-state index contributed by atoms with van der Waals surface area (Å²) >= 11 is 0. The van der Waals surface area contributed by atoms with Crippen molar-refractivity contribution in [3.8, 4) is 0 Å². The fraction of sp³-hybridized carbons (Fsp3) is 0.917. The van der Waals surface area contributed by atoms with Gasteiger partial charge in [-0.1, -0.05) is 6.42 Å². The summed E-state index contributed by atoms with van der Waals surface area (Å²) in [6.07, 6.45) is 3.64. The number of carbonyl (C=O) groups is 1. The van der Waals surface area contributed by atoms with E-state index >= 15 is 0 Å². The van der Waals surface area contributed by atoms with E-state index in [2.05, 4.69) is 0 Å². The molecular formula is C12H23BN2O4. The number of carboxylic acids is 1. The second-order valence-corrected chi connectivity index (χ2v) is 6.22. The summed E-state index contributed by atoms with van der Waals surface area (Å²) in [6, 6.07) is 0.152. The van der Waals surface area contributed by atoms with Crippen LogP contribution >= 0.6 is 0 Å². The maximum atomic E-state index is 11.5. The molecule has 0 aromatic heterocycles. The van der Waals surface area contributed by atoms with Crippen molar-refractivity contribution in [2.45, 2.75) is 50.0 Å². The predicted molar refractivity (Wildman–Crippen MR) is 71.1 cm³/mol. The molecule has 19 heavy (non-hydrogen) atoms. The maximum absolute atomic E-state index is 11.5. The quantitative estimate of drug-likeness (QED) is 0.424. The third-order valence-corrected chi connectivity index (χ3v) is 4.94. The molecule has 5 atom stereocenters. The van der Waals surface area contributed by atoms with Crippen LogP contribution in [0.3, 0.4) is 0 Å². The van der Waals surface area contributed by atoms with Gasteiger partial charge in [-0.3, -0.25) is 4.79 Å². The third kappa shape index (κ3) is 2.79. The number of hydrogen-bond donors (Lipinski definition) is 5. The van der Waals surface area contributed by atoms with Crippen molar-refractivity contribution in [1.29, 1.82) is 0 Å². The van der Waals surface area contributed by atoms with Gasteiger partial charge in [0.2, 0.25) is 0 Å². The van der Waals surface area contributed by atoms with Crippen LogP contribution in [-0.2, 0) is 4.79 Å². The number of rotatable bonds is 5. The van der Waals surface area contributed by atoms with E-state index in [1.807, 2.05) is 0 Å². The molecule has 2 aliphatic carbocycles. The lowest BCUT2D eigenvalue weighted by Crippen LogP contribution is -2.52. The Bertz CT molecular complexity index is 355. The van der Waals surface area contributed by atoms with Gasteiger partial charge in [0.15, 0.2) is 0 Å². The lowest BCUT2D eigenvalue weighted by atomic mass is 9.75. The molecule has 0 aliphatic heterocycles. The number of fused-ring (bicyclic) bond motifs is 1. The van der Waals surface area contributed by atoms with Crippen molar-refractivity contribution in [3.63, 3.8) is 0 Å². The van der Waals surface area contributed by atoms with Gasteiger partial charge in [0, 0.05) is 6.04 Å². The van der Waals surface area contributed by atoms with Crippen molar-refractivity contribution in [1.82, 2.24) is 0 Å². The van der Waals surface area contributed by atoms with Crippen molar-refractivity contribution in [2.75, 3.05) is 0 Å². The van der Waals surface area contributed by atoms with Gasteiger partial charge in [-0.15, -0.1) is 0 Å². The van der Waals surface area contributed by atoms with Crippen LogP contribution in [0.5, 0.6) is 0 Å². The normalized spacial score (nSPS) is 41.3. The summed E-state index contributed by atoms with van der Waals surface area (Å²) in [6.45, 7) is 0. The molecule has 6 nitrogen and oxygen atoms in total. The number of hydrogen-bond acceptors (Lipinski definition) is 5. The summed E-state index contributed by atoms with van der Waals surface area (Å²) in [7, 11) is -1.33. The standard InChI is InChI=1S/C12H23BN2O4/c14-8-4-7-6-12(15,11(16)17)10(9(7)5-8)2-1-3-13(18)19/h7-10,18-19H,1-6,14-15H2,(H,16,17)/t7?,8?,9-,10?,12?/m1/s1. The first-order valence-corrected chi connectivity index (χ1v) is 6.98. The molecule has 0 amide bonds. The molecular weight excluding hydrogens is 247 g/mol. The first-order valence-electron chi connectivity index (χ1n) is 6.98. The summed E-state index contributed by atoms with van der Waals surface area (Å²) < 4.78 is 0. The van der Waals surface area contributed by atoms with E-state index in [9.17, 15) is 9.90 Å². The topological polar surface area (TPSA) is 130 Å². The first kappa shape index (κ1) is 14.8. The lowest BCUT2D eigenvalue weighted by Gasteiger charge is -2.30. The van der Waals surface area contributed by atoms with Crippen LogP contribution in [0.2, 0.25) is 6.32 Å². The molecule has 0 aromatic rings. The summed E-state index contributed by atoms with van der Waals surface area (Å²) in [4.78, 5) is 11.5. The molecule has 2 rings (SSSR count). The molecule has 7 heteroatoms. The molecule has 0 spiro atoms. The number of nitrogens with two attached hydrogens (primary N) is 2. The van der Waals surface area contributed by atoms with Crippen LogP contribution in [0.4, 0.5) is 0 Å². The van der Waals surface area contributed by atoms with E-state index < -0.39 is 18.6 Å². The molecule has 0 heterocycles. The number of carboxylic acid groups (broad SMARTS) is 1. The summed E-state index contributed by atoms with van der Waals surface area (Å²) in [5.74, 6) is -0.473. The van der Waals surface area contributed by atoms with E-state index in [0.29, 0.717) is 25.2 Å². The second-order valence-electron chi connectivity index (χ2n) is 6.22. The van der Waals surface area contributed by atoms with Gasteiger partial charge in [0.25, 0.3) is 0 Å². The highest BCUT2D eigenvalue weighted by molar-refractivity contribution is 6.40. The minimum Gasteiger partial charge on any atom is -0.480 e. The average molecular weight is 270 g/mol. The molecule has 4 unspecified atom stereocenters. The third-order valence-electron chi connectivity index (χ3n) is 4.94. The van der Waals surface area contributed by atoms with E-state index in [-0.39, 0.29) is 24.2 Å². The molecule has 0 bridgehead atoms. The van der Waals surface area contributed by atoms with Gasteiger partial charge in [-0.05, 0) is 49.8 Å². The zero-order valence-corrected chi connectivity index (χ0v) is 11.0. The summed E-state index contributed by atoms with van der Waals surface area (Å²) in [5.41, 5.74) is 10.9. The molecule has 0 aromatic carbocycles. The monoisotopic (exact) mass is 270 g/mol. The van der Waals surface area contributed by atoms with Crippen LogP contribution in [0.25, 0.3) is 0 Å². The molecule has 2 aliphatic rings. The molecule has 7 N–H and O–H groups in total. The second kappa shape index (κ2) is 5.40. The van der Waals surface area contributed by atoms with Crippen LogP contribution < -0.4 is 11.5 Å². The van der Waals surface area contributed by atoms with E-state index in [1.54, 1.807) is 0 Å². The van der Waals surface area contributed by atoms with Crippen LogP contribution in [0.15, 0.2) is 0 Å². The fourth-order valence-corrected chi connectivity index (χ4v) is 4.13. The average Bonchev–Trinajstić information content (AvgIpc) is 2.74. The SMILES string of the molecule is NC1CC2CC(N)(C(=O)O)C(CCCB(O)O)[C@@H]2C1. The molecule has 108 valence electrons. The Hall–Kier alpha value is -0.625.